The Morgan fingerprint density at radius 1 is 1.00 bits per heavy atom. The molecule has 1 aromatic carbocycles. The van der Waals surface area contributed by atoms with E-state index in [1.54, 1.807) is 17.2 Å². The molecule has 0 aliphatic rings. The summed E-state index contributed by atoms with van der Waals surface area (Å²) >= 11 is 3.40. The van der Waals surface area contributed by atoms with Crippen molar-refractivity contribution in [2.24, 2.45) is 0 Å². The third-order valence-electron chi connectivity index (χ3n) is 2.63. The van der Waals surface area contributed by atoms with Gasteiger partial charge in [0.2, 0.25) is 5.82 Å². The molecule has 2 aromatic heterocycles. The maximum Gasteiger partial charge on any atom is 0.204 e. The van der Waals surface area contributed by atoms with Crippen molar-refractivity contribution in [3.8, 4) is 11.4 Å². The van der Waals surface area contributed by atoms with Gasteiger partial charge in [-0.3, -0.25) is 4.98 Å². The van der Waals surface area contributed by atoms with E-state index in [1.165, 1.54) is 0 Å². The zero-order chi connectivity index (χ0) is 13.1. The van der Waals surface area contributed by atoms with Gasteiger partial charge in [-0.25, -0.2) is 0 Å². The van der Waals surface area contributed by atoms with Crippen LogP contribution in [-0.2, 0) is 6.54 Å². The molecule has 0 spiro atoms. The topological polar surface area (TPSA) is 56.5 Å². The summed E-state index contributed by atoms with van der Waals surface area (Å²) in [6.07, 6.45) is 3.50. The van der Waals surface area contributed by atoms with Crippen LogP contribution in [-0.4, -0.2) is 25.2 Å². The molecule has 5 nitrogen and oxygen atoms in total. The average molecular weight is 316 g/mol. The van der Waals surface area contributed by atoms with Crippen LogP contribution >= 0.6 is 15.9 Å². The van der Waals surface area contributed by atoms with Crippen LogP contribution < -0.4 is 0 Å². The predicted molar refractivity (Wildman–Crippen MR) is 74.3 cm³/mol. The van der Waals surface area contributed by atoms with Crippen LogP contribution in [0.4, 0.5) is 0 Å². The van der Waals surface area contributed by atoms with Crippen LogP contribution in [0.2, 0.25) is 0 Å². The van der Waals surface area contributed by atoms with Gasteiger partial charge >= 0.3 is 0 Å². The van der Waals surface area contributed by atoms with E-state index in [0.717, 1.165) is 15.6 Å². The fourth-order valence-corrected chi connectivity index (χ4v) is 1.94. The zero-order valence-electron chi connectivity index (χ0n) is 9.94. The molecular formula is C13H10BrN5. The maximum atomic E-state index is 4.36. The first kappa shape index (κ1) is 12.0. The fraction of sp³-hybridized carbons (Fsp3) is 0.0769. The van der Waals surface area contributed by atoms with E-state index >= 15 is 0 Å². The quantitative estimate of drug-likeness (QED) is 0.745. The van der Waals surface area contributed by atoms with Crippen molar-refractivity contribution in [3.63, 3.8) is 0 Å². The lowest BCUT2D eigenvalue weighted by atomic mass is 10.2. The lowest BCUT2D eigenvalue weighted by Gasteiger charge is -1.98. The summed E-state index contributed by atoms with van der Waals surface area (Å²) in [4.78, 5) is 5.55. The Balaban J connectivity index is 1.82. The summed E-state index contributed by atoms with van der Waals surface area (Å²) < 4.78 is 1.03. The van der Waals surface area contributed by atoms with Crippen molar-refractivity contribution in [2.45, 2.75) is 6.54 Å². The molecule has 0 saturated carbocycles. The molecule has 0 unspecified atom stereocenters. The van der Waals surface area contributed by atoms with Crippen molar-refractivity contribution in [1.82, 2.24) is 25.2 Å². The number of hydrogen-bond acceptors (Lipinski definition) is 4. The number of pyridine rings is 1. The first-order valence-corrected chi connectivity index (χ1v) is 6.53. The monoisotopic (exact) mass is 315 g/mol. The van der Waals surface area contributed by atoms with Crippen LogP contribution in [0.15, 0.2) is 53.3 Å². The lowest BCUT2D eigenvalue weighted by Crippen LogP contribution is -2.03. The summed E-state index contributed by atoms with van der Waals surface area (Å²) in [6, 6.07) is 11.7. The number of hydrogen-bond donors (Lipinski definition) is 0. The third-order valence-corrected chi connectivity index (χ3v) is 3.16. The van der Waals surface area contributed by atoms with Gasteiger partial charge in [0.05, 0.1) is 6.54 Å². The maximum absolute atomic E-state index is 4.36. The third kappa shape index (κ3) is 2.85. The lowest BCUT2D eigenvalue weighted by molar-refractivity contribution is 0.572. The molecule has 0 atom stereocenters. The molecular weight excluding hydrogens is 306 g/mol. The molecule has 3 rings (SSSR count). The number of rotatable bonds is 3. The normalized spacial score (nSPS) is 10.6. The molecule has 0 aliphatic heterocycles. The first-order valence-electron chi connectivity index (χ1n) is 5.74. The highest BCUT2D eigenvalue weighted by atomic mass is 79.9. The van der Waals surface area contributed by atoms with Gasteiger partial charge in [-0.15, -0.1) is 10.2 Å². The average Bonchev–Trinajstić information content (AvgIpc) is 2.89. The van der Waals surface area contributed by atoms with Gasteiger partial charge in [0.25, 0.3) is 0 Å². The van der Waals surface area contributed by atoms with Gasteiger partial charge in [0, 0.05) is 22.4 Å². The van der Waals surface area contributed by atoms with E-state index in [0.29, 0.717) is 12.4 Å². The molecule has 3 aromatic rings. The highest BCUT2D eigenvalue weighted by Crippen LogP contribution is 2.17. The molecule has 0 N–H and O–H groups in total. The Hall–Kier alpha value is -2.08. The van der Waals surface area contributed by atoms with E-state index in [-0.39, 0.29) is 0 Å². The Morgan fingerprint density at radius 2 is 1.74 bits per heavy atom. The van der Waals surface area contributed by atoms with Crippen molar-refractivity contribution in [2.75, 3.05) is 0 Å². The second-order valence-electron chi connectivity index (χ2n) is 4.01. The van der Waals surface area contributed by atoms with E-state index in [1.807, 2.05) is 36.4 Å². The van der Waals surface area contributed by atoms with Gasteiger partial charge in [0.1, 0.15) is 0 Å². The Labute approximate surface area is 118 Å². The van der Waals surface area contributed by atoms with Crippen LogP contribution in [0.3, 0.4) is 0 Å². The second kappa shape index (κ2) is 5.27. The Bertz CT molecular complexity index is 663. The number of aromatic nitrogens is 5. The van der Waals surface area contributed by atoms with Gasteiger partial charge in [-0.1, -0.05) is 15.9 Å². The molecule has 94 valence electrons. The minimum atomic E-state index is 0.589. The highest BCUT2D eigenvalue weighted by molar-refractivity contribution is 9.10. The molecule has 2 heterocycles. The molecule has 6 heteroatoms. The molecule has 0 bridgehead atoms. The highest BCUT2D eigenvalue weighted by Gasteiger charge is 2.05. The summed E-state index contributed by atoms with van der Waals surface area (Å²) in [5, 5.41) is 12.5. The first-order chi connectivity index (χ1) is 9.31. The van der Waals surface area contributed by atoms with E-state index in [4.69, 9.17) is 0 Å². The van der Waals surface area contributed by atoms with E-state index < -0.39 is 0 Å². The molecule has 0 radical (unpaired) electrons. The van der Waals surface area contributed by atoms with E-state index in [9.17, 15) is 0 Å². The number of halogens is 1. The Kier molecular flexibility index (Phi) is 3.33. The summed E-state index contributed by atoms with van der Waals surface area (Å²) in [5.41, 5.74) is 2.04. The predicted octanol–water partition coefficient (Wildman–Crippen LogP) is 2.55. The molecule has 0 saturated heterocycles. The van der Waals surface area contributed by atoms with Gasteiger partial charge in [0.15, 0.2) is 0 Å². The zero-order valence-corrected chi connectivity index (χ0v) is 11.5. The van der Waals surface area contributed by atoms with Crippen molar-refractivity contribution >= 4 is 15.9 Å². The molecule has 0 amide bonds. The second-order valence-corrected chi connectivity index (χ2v) is 4.92. The van der Waals surface area contributed by atoms with Crippen LogP contribution in [0, 0.1) is 0 Å². The van der Waals surface area contributed by atoms with Crippen LogP contribution in [0.25, 0.3) is 11.4 Å². The summed E-state index contributed by atoms with van der Waals surface area (Å²) in [6.45, 7) is 0.589. The van der Waals surface area contributed by atoms with Crippen molar-refractivity contribution in [1.29, 1.82) is 0 Å². The molecule has 0 fully saturated rings. The standard InChI is InChI=1S/C13H10BrN5/c14-12-3-1-11(2-4-12)13-16-18-19(17-13)9-10-5-7-15-8-6-10/h1-8H,9H2. The largest absolute Gasteiger partial charge is 0.265 e. The van der Waals surface area contributed by atoms with Gasteiger partial charge < -0.3 is 0 Å². The van der Waals surface area contributed by atoms with Gasteiger partial charge in [-0.2, -0.15) is 4.80 Å². The number of benzene rings is 1. The molecule has 0 aliphatic carbocycles. The molecule has 19 heavy (non-hydrogen) atoms. The van der Waals surface area contributed by atoms with Crippen molar-refractivity contribution in [3.05, 3.63) is 58.8 Å². The minimum absolute atomic E-state index is 0.589. The summed E-state index contributed by atoms with van der Waals surface area (Å²) in [5.74, 6) is 0.626. The smallest absolute Gasteiger partial charge is 0.204 e. The number of nitrogens with zero attached hydrogens (tertiary/aromatic N) is 5. The Morgan fingerprint density at radius 3 is 2.47 bits per heavy atom. The van der Waals surface area contributed by atoms with E-state index in [2.05, 4.69) is 36.3 Å². The minimum Gasteiger partial charge on any atom is -0.265 e. The van der Waals surface area contributed by atoms with Crippen molar-refractivity contribution < 1.29 is 0 Å². The SMILES string of the molecule is Brc1ccc(-c2nnn(Cc3ccncc3)n2)cc1. The fourth-order valence-electron chi connectivity index (χ4n) is 1.68. The van der Waals surface area contributed by atoms with Gasteiger partial charge in [-0.05, 0) is 47.2 Å². The van der Waals surface area contributed by atoms with Crippen LogP contribution in [0.1, 0.15) is 5.56 Å². The van der Waals surface area contributed by atoms with Crippen LogP contribution in [0.5, 0.6) is 0 Å². The number of tetrazole rings is 1. The summed E-state index contributed by atoms with van der Waals surface area (Å²) in [7, 11) is 0.